The van der Waals surface area contributed by atoms with Gasteiger partial charge >= 0.3 is 0 Å². The lowest BCUT2D eigenvalue weighted by Crippen LogP contribution is -2.12. The van der Waals surface area contributed by atoms with E-state index in [9.17, 15) is 0 Å². The van der Waals surface area contributed by atoms with E-state index in [1.807, 2.05) is 35.9 Å². The maximum Gasteiger partial charge on any atom is 0.164 e. The van der Waals surface area contributed by atoms with Gasteiger partial charge in [0.1, 0.15) is 18.7 Å². The quantitative estimate of drug-likeness (QED) is 0.879. The number of nitrogens with zero attached hydrogens (tertiary/aromatic N) is 3. The summed E-state index contributed by atoms with van der Waals surface area (Å²) in [5.74, 6) is 2.17. The van der Waals surface area contributed by atoms with Crippen molar-refractivity contribution in [2.75, 3.05) is 0 Å². The number of hydrogen-bond donors (Lipinski definition) is 1. The van der Waals surface area contributed by atoms with Gasteiger partial charge in [-0.05, 0) is 30.5 Å². The highest BCUT2D eigenvalue weighted by Crippen LogP contribution is 2.18. The first-order valence-corrected chi connectivity index (χ1v) is 6.91. The van der Waals surface area contributed by atoms with Crippen LogP contribution < -0.4 is 10.5 Å². The second-order valence-electron chi connectivity index (χ2n) is 5.40. The van der Waals surface area contributed by atoms with Gasteiger partial charge in [0.2, 0.25) is 0 Å². The fourth-order valence-corrected chi connectivity index (χ4v) is 1.93. The largest absolute Gasteiger partial charge is 0.486 e. The molecule has 5 heteroatoms. The van der Waals surface area contributed by atoms with Crippen molar-refractivity contribution in [1.29, 1.82) is 0 Å². The summed E-state index contributed by atoms with van der Waals surface area (Å²) in [6.07, 6.45) is 1.57. The van der Waals surface area contributed by atoms with Crippen LogP contribution in [0.1, 0.15) is 38.2 Å². The first kappa shape index (κ1) is 14.5. The summed E-state index contributed by atoms with van der Waals surface area (Å²) < 4.78 is 7.67. The van der Waals surface area contributed by atoms with Crippen LogP contribution in [0.3, 0.4) is 0 Å². The highest BCUT2D eigenvalue weighted by Gasteiger charge is 2.07. The minimum atomic E-state index is 0.00291. The maximum atomic E-state index is 5.87. The third-order valence-corrected chi connectivity index (χ3v) is 2.99. The molecule has 1 atom stereocenters. The second kappa shape index (κ2) is 6.52. The SMILES string of the molecule is CC(C)Cn1ncnc1COc1cccc([C@H](C)N)c1. The Morgan fingerprint density at radius 3 is 2.80 bits per heavy atom. The van der Waals surface area contributed by atoms with Crippen LogP contribution in [0.5, 0.6) is 5.75 Å². The second-order valence-corrected chi connectivity index (χ2v) is 5.40. The first-order valence-electron chi connectivity index (χ1n) is 6.91. The van der Waals surface area contributed by atoms with E-state index in [0.29, 0.717) is 12.5 Å². The van der Waals surface area contributed by atoms with Crippen LogP contribution in [0, 0.1) is 5.92 Å². The van der Waals surface area contributed by atoms with Gasteiger partial charge in [0.25, 0.3) is 0 Å². The van der Waals surface area contributed by atoms with E-state index >= 15 is 0 Å². The zero-order valence-electron chi connectivity index (χ0n) is 12.3. The molecule has 2 aromatic rings. The lowest BCUT2D eigenvalue weighted by atomic mass is 10.1. The van der Waals surface area contributed by atoms with Crippen LogP contribution >= 0.6 is 0 Å². The Balaban J connectivity index is 2.02. The minimum Gasteiger partial charge on any atom is -0.486 e. The van der Waals surface area contributed by atoms with E-state index in [1.54, 1.807) is 6.33 Å². The molecule has 0 fully saturated rings. The Morgan fingerprint density at radius 1 is 1.30 bits per heavy atom. The third kappa shape index (κ3) is 3.81. The normalized spacial score (nSPS) is 12.7. The number of nitrogens with two attached hydrogens (primary N) is 1. The predicted molar refractivity (Wildman–Crippen MR) is 78.2 cm³/mol. The smallest absolute Gasteiger partial charge is 0.164 e. The molecule has 0 radical (unpaired) electrons. The van der Waals surface area contributed by atoms with E-state index in [1.165, 1.54) is 0 Å². The van der Waals surface area contributed by atoms with Gasteiger partial charge in [0.05, 0.1) is 0 Å². The Labute approximate surface area is 119 Å². The zero-order valence-corrected chi connectivity index (χ0v) is 12.3. The van der Waals surface area contributed by atoms with Crippen molar-refractivity contribution < 1.29 is 4.74 Å². The fraction of sp³-hybridized carbons (Fsp3) is 0.467. The summed E-state index contributed by atoms with van der Waals surface area (Å²) in [5, 5.41) is 4.22. The molecule has 1 heterocycles. The monoisotopic (exact) mass is 274 g/mol. The molecule has 5 nitrogen and oxygen atoms in total. The van der Waals surface area contributed by atoms with Gasteiger partial charge in [-0.2, -0.15) is 5.10 Å². The molecule has 2 rings (SSSR count). The van der Waals surface area contributed by atoms with Crippen molar-refractivity contribution in [2.24, 2.45) is 11.7 Å². The van der Waals surface area contributed by atoms with Crippen LogP contribution in [0.2, 0.25) is 0 Å². The van der Waals surface area contributed by atoms with E-state index in [0.717, 1.165) is 23.7 Å². The van der Waals surface area contributed by atoms with Crippen molar-refractivity contribution in [3.05, 3.63) is 42.0 Å². The molecule has 20 heavy (non-hydrogen) atoms. The molecule has 0 aliphatic carbocycles. The number of aromatic nitrogens is 3. The number of rotatable bonds is 6. The summed E-state index contributed by atoms with van der Waals surface area (Å²) in [6.45, 7) is 7.52. The molecule has 0 saturated heterocycles. The highest BCUT2D eigenvalue weighted by molar-refractivity contribution is 5.30. The van der Waals surface area contributed by atoms with Crippen LogP contribution in [0.25, 0.3) is 0 Å². The van der Waals surface area contributed by atoms with Gasteiger partial charge in [-0.25, -0.2) is 9.67 Å². The van der Waals surface area contributed by atoms with E-state index in [-0.39, 0.29) is 6.04 Å². The first-order chi connectivity index (χ1) is 9.56. The highest BCUT2D eigenvalue weighted by atomic mass is 16.5. The van der Waals surface area contributed by atoms with Gasteiger partial charge < -0.3 is 10.5 Å². The van der Waals surface area contributed by atoms with E-state index in [2.05, 4.69) is 23.9 Å². The molecule has 0 unspecified atom stereocenters. The standard InChI is InChI=1S/C15H22N4O/c1-11(2)8-19-15(17-10-18-19)9-20-14-6-4-5-13(7-14)12(3)16/h4-7,10-12H,8-9,16H2,1-3H3/t12-/m0/s1. The van der Waals surface area contributed by atoms with Crippen molar-refractivity contribution in [3.63, 3.8) is 0 Å². The molecule has 2 N–H and O–H groups in total. The topological polar surface area (TPSA) is 66.0 Å². The van der Waals surface area contributed by atoms with Crippen molar-refractivity contribution in [1.82, 2.24) is 14.8 Å². The number of ether oxygens (including phenoxy) is 1. The lowest BCUT2D eigenvalue weighted by Gasteiger charge is -2.11. The molecule has 0 bridgehead atoms. The minimum absolute atomic E-state index is 0.00291. The summed E-state index contributed by atoms with van der Waals surface area (Å²) in [6, 6.07) is 7.84. The molecule has 1 aromatic heterocycles. The molecule has 0 amide bonds. The summed E-state index contributed by atoms with van der Waals surface area (Å²) in [7, 11) is 0. The molecule has 0 aliphatic heterocycles. The van der Waals surface area contributed by atoms with Crippen molar-refractivity contribution in [2.45, 2.75) is 40.0 Å². The molecule has 0 spiro atoms. The molecule has 1 aromatic carbocycles. The van der Waals surface area contributed by atoms with Crippen molar-refractivity contribution >= 4 is 0 Å². The zero-order chi connectivity index (χ0) is 14.5. The predicted octanol–water partition coefficient (Wildman–Crippen LogP) is 2.53. The van der Waals surface area contributed by atoms with E-state index in [4.69, 9.17) is 10.5 Å². The fourth-order valence-electron chi connectivity index (χ4n) is 1.93. The molecular formula is C15H22N4O. The molecule has 108 valence electrons. The van der Waals surface area contributed by atoms with Gasteiger partial charge in [0.15, 0.2) is 5.82 Å². The van der Waals surface area contributed by atoms with Crippen LogP contribution in [-0.4, -0.2) is 14.8 Å². The average Bonchev–Trinajstić information content (AvgIpc) is 2.83. The number of benzene rings is 1. The summed E-state index contributed by atoms with van der Waals surface area (Å²) in [4.78, 5) is 4.24. The van der Waals surface area contributed by atoms with E-state index < -0.39 is 0 Å². The van der Waals surface area contributed by atoms with Gasteiger partial charge in [-0.3, -0.25) is 0 Å². The van der Waals surface area contributed by atoms with Crippen molar-refractivity contribution in [3.8, 4) is 5.75 Å². The average molecular weight is 274 g/mol. The van der Waals surface area contributed by atoms with Gasteiger partial charge in [0, 0.05) is 12.6 Å². The van der Waals surface area contributed by atoms with Gasteiger partial charge in [-0.1, -0.05) is 26.0 Å². The summed E-state index contributed by atoms with van der Waals surface area (Å²) in [5.41, 5.74) is 6.93. The third-order valence-electron chi connectivity index (χ3n) is 2.99. The van der Waals surface area contributed by atoms with Crippen LogP contribution in [0.15, 0.2) is 30.6 Å². The van der Waals surface area contributed by atoms with Crippen LogP contribution in [0.4, 0.5) is 0 Å². The molecule has 0 saturated carbocycles. The van der Waals surface area contributed by atoms with Crippen LogP contribution in [-0.2, 0) is 13.2 Å². The Bertz CT molecular complexity index is 548. The Hall–Kier alpha value is -1.88. The number of hydrogen-bond acceptors (Lipinski definition) is 4. The molecular weight excluding hydrogens is 252 g/mol. The Kier molecular flexibility index (Phi) is 4.74. The summed E-state index contributed by atoms with van der Waals surface area (Å²) >= 11 is 0. The molecule has 0 aliphatic rings. The van der Waals surface area contributed by atoms with Gasteiger partial charge in [-0.15, -0.1) is 0 Å². The maximum absolute atomic E-state index is 5.87. The Morgan fingerprint density at radius 2 is 2.10 bits per heavy atom. The lowest BCUT2D eigenvalue weighted by molar-refractivity contribution is 0.282.